The van der Waals surface area contributed by atoms with E-state index in [4.69, 9.17) is 21.8 Å². The number of para-hydroxylation sites is 1. The molecule has 2 aromatic rings. The van der Waals surface area contributed by atoms with Crippen LogP contribution in [0.3, 0.4) is 0 Å². The molecule has 80 valence electrons. The number of furan rings is 1. The lowest BCUT2D eigenvalue weighted by molar-refractivity contribution is 0.605. The third kappa shape index (κ3) is 2.15. The molecule has 0 saturated carbocycles. The Morgan fingerprint density at radius 2 is 2.13 bits per heavy atom. The van der Waals surface area contributed by atoms with E-state index in [9.17, 15) is 0 Å². The van der Waals surface area contributed by atoms with E-state index >= 15 is 0 Å². The van der Waals surface area contributed by atoms with Gasteiger partial charge in [0.15, 0.2) is 5.22 Å². The number of hydrogen-bond donors (Lipinski definition) is 2. The van der Waals surface area contributed by atoms with E-state index in [0.29, 0.717) is 18.3 Å². The second kappa shape index (κ2) is 4.66. The molecule has 1 aromatic carbocycles. The summed E-state index contributed by atoms with van der Waals surface area (Å²) in [4.78, 5) is 0. The van der Waals surface area contributed by atoms with Gasteiger partial charge in [0.05, 0.1) is 0 Å². The van der Waals surface area contributed by atoms with E-state index in [1.807, 2.05) is 24.3 Å². The molecule has 3 N–H and O–H groups in total. The number of rotatable bonds is 4. The summed E-state index contributed by atoms with van der Waals surface area (Å²) in [7, 11) is 0. The van der Waals surface area contributed by atoms with E-state index in [1.54, 1.807) is 0 Å². The van der Waals surface area contributed by atoms with Crippen molar-refractivity contribution in [2.24, 2.45) is 5.73 Å². The molecule has 0 radical (unpaired) electrons. The van der Waals surface area contributed by atoms with Crippen molar-refractivity contribution in [2.75, 3.05) is 13.1 Å². The zero-order valence-corrected chi connectivity index (χ0v) is 9.05. The Kier molecular flexibility index (Phi) is 3.26. The standard InChI is InChI=1S/C11H13ClN2O/c12-11-9(7-14-6-5-13)8-3-1-2-4-10(8)15-11/h1-4,14H,5-7,13H2. The Labute approximate surface area is 93.2 Å². The van der Waals surface area contributed by atoms with Gasteiger partial charge in [-0.25, -0.2) is 0 Å². The number of nitrogens with two attached hydrogens (primary N) is 1. The van der Waals surface area contributed by atoms with Gasteiger partial charge in [0, 0.05) is 30.6 Å². The monoisotopic (exact) mass is 224 g/mol. The third-order valence-electron chi connectivity index (χ3n) is 2.27. The summed E-state index contributed by atoms with van der Waals surface area (Å²) < 4.78 is 5.42. The van der Waals surface area contributed by atoms with Gasteiger partial charge in [-0.1, -0.05) is 18.2 Å². The van der Waals surface area contributed by atoms with Crippen LogP contribution in [0.15, 0.2) is 28.7 Å². The summed E-state index contributed by atoms with van der Waals surface area (Å²) in [6, 6.07) is 7.82. The van der Waals surface area contributed by atoms with Crippen LogP contribution in [0.2, 0.25) is 5.22 Å². The lowest BCUT2D eigenvalue weighted by Crippen LogP contribution is -2.21. The highest BCUT2D eigenvalue weighted by molar-refractivity contribution is 6.30. The molecule has 0 unspecified atom stereocenters. The van der Waals surface area contributed by atoms with Crippen molar-refractivity contribution in [2.45, 2.75) is 6.54 Å². The second-order valence-corrected chi connectivity index (χ2v) is 3.66. The molecule has 0 saturated heterocycles. The van der Waals surface area contributed by atoms with Crippen LogP contribution in [-0.2, 0) is 6.54 Å². The van der Waals surface area contributed by atoms with Crippen LogP contribution in [0.5, 0.6) is 0 Å². The van der Waals surface area contributed by atoms with E-state index in [1.165, 1.54) is 0 Å². The van der Waals surface area contributed by atoms with Gasteiger partial charge in [0.2, 0.25) is 0 Å². The average Bonchev–Trinajstić information content (AvgIpc) is 2.56. The van der Waals surface area contributed by atoms with Crippen LogP contribution >= 0.6 is 11.6 Å². The van der Waals surface area contributed by atoms with Crippen molar-refractivity contribution in [3.05, 3.63) is 35.0 Å². The summed E-state index contributed by atoms with van der Waals surface area (Å²) >= 11 is 6.01. The molecule has 0 spiro atoms. The van der Waals surface area contributed by atoms with Crippen molar-refractivity contribution >= 4 is 22.6 Å². The number of halogens is 1. The SMILES string of the molecule is NCCNCc1c(Cl)oc2ccccc12. The molecule has 0 aliphatic heterocycles. The molecule has 0 fully saturated rings. The Bertz CT molecular complexity index is 453. The van der Waals surface area contributed by atoms with Crippen LogP contribution in [0.4, 0.5) is 0 Å². The maximum atomic E-state index is 6.01. The maximum Gasteiger partial charge on any atom is 0.199 e. The van der Waals surface area contributed by atoms with Crippen molar-refractivity contribution < 1.29 is 4.42 Å². The zero-order chi connectivity index (χ0) is 10.7. The maximum absolute atomic E-state index is 6.01. The topological polar surface area (TPSA) is 51.2 Å². The quantitative estimate of drug-likeness (QED) is 0.783. The number of nitrogens with one attached hydrogen (secondary N) is 1. The molecule has 3 nitrogen and oxygen atoms in total. The van der Waals surface area contributed by atoms with Crippen molar-refractivity contribution in [1.82, 2.24) is 5.32 Å². The lowest BCUT2D eigenvalue weighted by atomic mass is 10.2. The van der Waals surface area contributed by atoms with Gasteiger partial charge in [-0.2, -0.15) is 0 Å². The lowest BCUT2D eigenvalue weighted by Gasteiger charge is -2.00. The fourth-order valence-electron chi connectivity index (χ4n) is 1.55. The highest BCUT2D eigenvalue weighted by Crippen LogP contribution is 2.29. The van der Waals surface area contributed by atoms with E-state index in [0.717, 1.165) is 23.1 Å². The molecule has 0 aliphatic rings. The number of fused-ring (bicyclic) bond motifs is 1. The van der Waals surface area contributed by atoms with Gasteiger partial charge >= 0.3 is 0 Å². The molecule has 15 heavy (non-hydrogen) atoms. The van der Waals surface area contributed by atoms with E-state index < -0.39 is 0 Å². The van der Waals surface area contributed by atoms with Gasteiger partial charge < -0.3 is 15.5 Å². The molecule has 0 amide bonds. The van der Waals surface area contributed by atoms with Gasteiger partial charge in [-0.15, -0.1) is 0 Å². The molecular weight excluding hydrogens is 212 g/mol. The Morgan fingerprint density at radius 1 is 1.33 bits per heavy atom. The average molecular weight is 225 g/mol. The van der Waals surface area contributed by atoms with E-state index in [-0.39, 0.29) is 0 Å². The first-order valence-corrected chi connectivity index (χ1v) is 5.27. The van der Waals surface area contributed by atoms with Crippen LogP contribution in [-0.4, -0.2) is 13.1 Å². The minimum Gasteiger partial charge on any atom is -0.444 e. The predicted octanol–water partition coefficient (Wildman–Crippen LogP) is 2.13. The molecule has 4 heteroatoms. The van der Waals surface area contributed by atoms with Gasteiger partial charge in [0.25, 0.3) is 0 Å². The van der Waals surface area contributed by atoms with E-state index in [2.05, 4.69) is 5.32 Å². The molecule has 2 rings (SSSR count). The summed E-state index contributed by atoms with van der Waals surface area (Å²) in [6.07, 6.45) is 0. The smallest absolute Gasteiger partial charge is 0.199 e. The number of hydrogen-bond acceptors (Lipinski definition) is 3. The fraction of sp³-hybridized carbons (Fsp3) is 0.273. The highest BCUT2D eigenvalue weighted by Gasteiger charge is 2.10. The summed E-state index contributed by atoms with van der Waals surface area (Å²) in [6.45, 7) is 2.08. The Morgan fingerprint density at radius 3 is 2.93 bits per heavy atom. The van der Waals surface area contributed by atoms with Crippen molar-refractivity contribution in [3.63, 3.8) is 0 Å². The normalized spacial score (nSPS) is 11.1. The Hall–Kier alpha value is -1.03. The van der Waals surface area contributed by atoms with Gasteiger partial charge in [-0.3, -0.25) is 0 Å². The molecule has 0 aliphatic carbocycles. The minimum atomic E-state index is 0.459. The summed E-state index contributed by atoms with van der Waals surface area (Å²) in [5.74, 6) is 0. The molecule has 1 aromatic heterocycles. The fourth-order valence-corrected chi connectivity index (χ4v) is 1.80. The summed E-state index contributed by atoms with van der Waals surface area (Å²) in [5.41, 5.74) is 7.23. The first kappa shape index (κ1) is 10.5. The third-order valence-corrected chi connectivity index (χ3v) is 2.58. The zero-order valence-electron chi connectivity index (χ0n) is 8.29. The van der Waals surface area contributed by atoms with Crippen molar-refractivity contribution in [3.8, 4) is 0 Å². The van der Waals surface area contributed by atoms with Crippen LogP contribution in [0, 0.1) is 0 Å². The molecule has 0 bridgehead atoms. The number of benzene rings is 1. The largest absolute Gasteiger partial charge is 0.444 e. The van der Waals surface area contributed by atoms with Crippen LogP contribution in [0.25, 0.3) is 11.0 Å². The first-order chi connectivity index (χ1) is 7.33. The molecular formula is C11H13ClN2O. The predicted molar refractivity (Wildman–Crippen MR) is 62.0 cm³/mol. The Balaban J connectivity index is 2.28. The molecule has 1 heterocycles. The first-order valence-electron chi connectivity index (χ1n) is 4.89. The second-order valence-electron chi connectivity index (χ2n) is 3.32. The summed E-state index contributed by atoms with van der Waals surface area (Å²) in [5, 5.41) is 4.72. The van der Waals surface area contributed by atoms with Crippen LogP contribution in [0.1, 0.15) is 5.56 Å². The minimum absolute atomic E-state index is 0.459. The van der Waals surface area contributed by atoms with Gasteiger partial charge in [-0.05, 0) is 17.7 Å². The van der Waals surface area contributed by atoms with Gasteiger partial charge in [0.1, 0.15) is 5.58 Å². The molecule has 0 atom stereocenters. The van der Waals surface area contributed by atoms with Crippen molar-refractivity contribution in [1.29, 1.82) is 0 Å². The highest BCUT2D eigenvalue weighted by atomic mass is 35.5. The van der Waals surface area contributed by atoms with Crippen LogP contribution < -0.4 is 11.1 Å².